The molecule has 0 radical (unpaired) electrons. The highest BCUT2D eigenvalue weighted by atomic mass is 32.1. The van der Waals surface area contributed by atoms with Crippen molar-refractivity contribution < 1.29 is 4.79 Å². The Bertz CT molecular complexity index is 1200. The lowest BCUT2D eigenvalue weighted by Crippen LogP contribution is -2.23. The Morgan fingerprint density at radius 3 is 2.52 bits per heavy atom. The van der Waals surface area contributed by atoms with E-state index in [1.807, 2.05) is 45.0 Å². The lowest BCUT2D eigenvalue weighted by Gasteiger charge is -2.10. The third-order valence-electron chi connectivity index (χ3n) is 4.30. The third-order valence-corrected chi connectivity index (χ3v) is 5.29. The van der Waals surface area contributed by atoms with Gasteiger partial charge in [-0.05, 0) is 32.9 Å². The molecule has 1 N–H and O–H groups in total. The summed E-state index contributed by atoms with van der Waals surface area (Å²) < 4.78 is 2.96. The van der Waals surface area contributed by atoms with E-state index in [1.54, 1.807) is 10.7 Å². The molecule has 0 unspecified atom stereocenters. The van der Waals surface area contributed by atoms with Gasteiger partial charge in [-0.25, -0.2) is 14.6 Å². The van der Waals surface area contributed by atoms with Crippen molar-refractivity contribution in [2.75, 3.05) is 5.32 Å². The lowest BCUT2D eigenvalue weighted by atomic mass is 10.2. The zero-order chi connectivity index (χ0) is 19.1. The highest BCUT2D eigenvalue weighted by Gasteiger charge is 2.20. The molecule has 7 nitrogen and oxygen atoms in total. The number of hydrogen-bond acceptors (Lipinski definition) is 5. The summed E-state index contributed by atoms with van der Waals surface area (Å²) in [4.78, 5) is 35.0. The second-order valence-electron chi connectivity index (χ2n) is 6.24. The van der Waals surface area contributed by atoms with Gasteiger partial charge in [0.2, 0.25) is 0 Å². The Hall–Kier alpha value is -3.26. The van der Waals surface area contributed by atoms with Crippen LogP contribution in [-0.2, 0) is 0 Å². The number of carbonyl (C=O) groups excluding carboxylic acids is 1. The molecule has 3 aromatic heterocycles. The number of hydrogen-bond donors (Lipinski definition) is 1. The van der Waals surface area contributed by atoms with Crippen LogP contribution in [0.5, 0.6) is 0 Å². The molecule has 1 aromatic carbocycles. The first kappa shape index (κ1) is 17.2. The van der Waals surface area contributed by atoms with E-state index in [0.29, 0.717) is 22.2 Å². The number of nitrogens with one attached hydrogen (secondary N) is 1. The standard InChI is InChI=1S/C19H17N5O2S/c1-11-4-6-14(7-5-11)23-15(10-16-20-9-8-17(25)24(16)23)18(26)22-19-21-12(2)13(3)27-19/h4-10H,1-3H3,(H,21,22,26). The van der Waals surface area contributed by atoms with E-state index >= 15 is 0 Å². The molecule has 0 spiro atoms. The summed E-state index contributed by atoms with van der Waals surface area (Å²) in [5, 5.41) is 3.35. The maximum absolute atomic E-state index is 13.0. The van der Waals surface area contributed by atoms with E-state index in [9.17, 15) is 9.59 Å². The number of fused-ring (bicyclic) bond motifs is 1. The van der Waals surface area contributed by atoms with Crippen molar-refractivity contribution in [2.24, 2.45) is 0 Å². The van der Waals surface area contributed by atoms with Gasteiger partial charge in [0.15, 0.2) is 10.8 Å². The Balaban J connectivity index is 1.88. The largest absolute Gasteiger partial charge is 0.296 e. The van der Waals surface area contributed by atoms with Crippen LogP contribution in [0.25, 0.3) is 11.3 Å². The van der Waals surface area contributed by atoms with Crippen LogP contribution < -0.4 is 10.9 Å². The molecule has 4 aromatic rings. The van der Waals surface area contributed by atoms with Crippen LogP contribution in [0, 0.1) is 20.8 Å². The van der Waals surface area contributed by atoms with Crippen molar-refractivity contribution >= 4 is 28.0 Å². The van der Waals surface area contributed by atoms with Crippen molar-refractivity contribution in [3.05, 3.63) is 74.8 Å². The van der Waals surface area contributed by atoms with Gasteiger partial charge in [0.1, 0.15) is 5.69 Å². The SMILES string of the molecule is Cc1ccc(-n2c(C(=O)Nc3nc(C)c(C)s3)cc3nccc(=O)n32)cc1. The molecule has 0 saturated carbocycles. The molecule has 136 valence electrons. The van der Waals surface area contributed by atoms with Gasteiger partial charge in [0.25, 0.3) is 11.5 Å². The summed E-state index contributed by atoms with van der Waals surface area (Å²) in [6, 6.07) is 10.6. The minimum absolute atomic E-state index is 0.263. The molecule has 0 saturated heterocycles. The van der Waals surface area contributed by atoms with E-state index in [1.165, 1.54) is 28.1 Å². The van der Waals surface area contributed by atoms with E-state index in [-0.39, 0.29) is 11.5 Å². The Labute approximate surface area is 158 Å². The van der Waals surface area contributed by atoms with Crippen molar-refractivity contribution in [1.82, 2.24) is 19.2 Å². The van der Waals surface area contributed by atoms with Crippen LogP contribution in [0.3, 0.4) is 0 Å². The Morgan fingerprint density at radius 1 is 1.11 bits per heavy atom. The number of nitrogens with zero attached hydrogens (tertiary/aromatic N) is 4. The van der Waals surface area contributed by atoms with Crippen LogP contribution in [0.2, 0.25) is 0 Å². The molecule has 0 aliphatic heterocycles. The summed E-state index contributed by atoms with van der Waals surface area (Å²) in [6.45, 7) is 5.83. The smallest absolute Gasteiger partial charge is 0.276 e. The first-order chi connectivity index (χ1) is 12.9. The minimum Gasteiger partial charge on any atom is -0.296 e. The van der Waals surface area contributed by atoms with Gasteiger partial charge in [-0.3, -0.25) is 14.9 Å². The molecule has 1 amide bonds. The molecule has 0 aliphatic carbocycles. The van der Waals surface area contributed by atoms with Crippen LogP contribution in [0.15, 0.2) is 47.4 Å². The zero-order valence-electron chi connectivity index (χ0n) is 15.1. The summed E-state index contributed by atoms with van der Waals surface area (Å²) in [7, 11) is 0. The molecular formula is C19H17N5O2S. The molecular weight excluding hydrogens is 362 g/mol. The first-order valence-corrected chi connectivity index (χ1v) is 9.18. The summed E-state index contributed by atoms with van der Waals surface area (Å²) in [5.74, 6) is -0.353. The molecule has 0 atom stereocenters. The molecule has 27 heavy (non-hydrogen) atoms. The fourth-order valence-electron chi connectivity index (χ4n) is 2.80. The maximum Gasteiger partial charge on any atom is 0.276 e. The number of aryl methyl sites for hydroxylation is 3. The highest BCUT2D eigenvalue weighted by Crippen LogP contribution is 2.23. The number of rotatable bonds is 3. The minimum atomic E-state index is -0.353. The van der Waals surface area contributed by atoms with Crippen LogP contribution in [0.1, 0.15) is 26.6 Å². The van der Waals surface area contributed by atoms with E-state index in [2.05, 4.69) is 15.3 Å². The van der Waals surface area contributed by atoms with E-state index in [4.69, 9.17) is 0 Å². The zero-order valence-corrected chi connectivity index (χ0v) is 15.9. The first-order valence-electron chi connectivity index (χ1n) is 8.36. The number of thiazole rings is 1. The van der Waals surface area contributed by atoms with Crippen molar-refractivity contribution in [3.63, 3.8) is 0 Å². The fraction of sp³-hybridized carbons (Fsp3) is 0.158. The molecule has 8 heteroatoms. The summed E-state index contributed by atoms with van der Waals surface area (Å²) in [6.07, 6.45) is 1.44. The van der Waals surface area contributed by atoms with Gasteiger partial charge in [-0.2, -0.15) is 4.52 Å². The summed E-state index contributed by atoms with van der Waals surface area (Å²) in [5.41, 5.74) is 3.11. The molecule has 0 bridgehead atoms. The van der Waals surface area contributed by atoms with E-state index < -0.39 is 0 Å². The topological polar surface area (TPSA) is 81.3 Å². The third kappa shape index (κ3) is 3.04. The predicted molar refractivity (Wildman–Crippen MR) is 105 cm³/mol. The number of amides is 1. The average Bonchev–Trinajstić information content (AvgIpc) is 3.17. The second kappa shape index (κ2) is 6.48. The predicted octanol–water partition coefficient (Wildman–Crippen LogP) is 3.12. The quantitative estimate of drug-likeness (QED) is 0.593. The van der Waals surface area contributed by atoms with Gasteiger partial charge >= 0.3 is 0 Å². The molecule has 0 aliphatic rings. The van der Waals surface area contributed by atoms with Gasteiger partial charge in [-0.15, -0.1) is 11.3 Å². The number of anilines is 1. The number of carbonyl (C=O) groups is 1. The number of benzene rings is 1. The van der Waals surface area contributed by atoms with Gasteiger partial charge in [0, 0.05) is 23.2 Å². The van der Waals surface area contributed by atoms with Crippen molar-refractivity contribution in [3.8, 4) is 5.69 Å². The van der Waals surface area contributed by atoms with Gasteiger partial charge in [0.05, 0.1) is 11.4 Å². The molecule has 4 rings (SSSR count). The second-order valence-corrected chi connectivity index (χ2v) is 7.45. The van der Waals surface area contributed by atoms with Gasteiger partial charge < -0.3 is 0 Å². The Kier molecular flexibility index (Phi) is 4.12. The van der Waals surface area contributed by atoms with E-state index in [0.717, 1.165) is 16.1 Å². The number of aromatic nitrogens is 4. The maximum atomic E-state index is 13.0. The van der Waals surface area contributed by atoms with Crippen LogP contribution in [-0.4, -0.2) is 25.1 Å². The molecule has 3 heterocycles. The Morgan fingerprint density at radius 2 is 1.85 bits per heavy atom. The lowest BCUT2D eigenvalue weighted by molar-refractivity contribution is 0.101. The average molecular weight is 379 g/mol. The summed E-state index contributed by atoms with van der Waals surface area (Å²) >= 11 is 1.41. The monoisotopic (exact) mass is 379 g/mol. The van der Waals surface area contributed by atoms with Crippen LogP contribution >= 0.6 is 11.3 Å². The molecule has 0 fully saturated rings. The van der Waals surface area contributed by atoms with Gasteiger partial charge in [-0.1, -0.05) is 17.7 Å². The highest BCUT2D eigenvalue weighted by molar-refractivity contribution is 7.15. The normalized spacial score (nSPS) is 11.1. The van der Waals surface area contributed by atoms with Crippen LogP contribution in [0.4, 0.5) is 5.13 Å². The van der Waals surface area contributed by atoms with Crippen molar-refractivity contribution in [2.45, 2.75) is 20.8 Å². The van der Waals surface area contributed by atoms with Crippen molar-refractivity contribution in [1.29, 1.82) is 0 Å². The fourth-order valence-corrected chi connectivity index (χ4v) is 3.61.